The van der Waals surface area contributed by atoms with Crippen LogP contribution in [0.25, 0.3) is 0 Å². The summed E-state index contributed by atoms with van der Waals surface area (Å²) in [6.45, 7) is -0.318. The first-order valence-corrected chi connectivity index (χ1v) is 6.44. The molecule has 2 rings (SSSR count). The third-order valence-electron chi connectivity index (χ3n) is 3.07. The molecule has 2 atom stereocenters. The van der Waals surface area contributed by atoms with Crippen molar-refractivity contribution in [2.24, 2.45) is 0 Å². The number of likely N-dealkylation sites (tertiary alicyclic amines) is 1. The number of halogens is 1. The second kappa shape index (κ2) is 6.11. The second-order valence-corrected chi connectivity index (χ2v) is 4.92. The van der Waals surface area contributed by atoms with E-state index < -0.39 is 24.0 Å². The number of ether oxygens (including phenoxy) is 1. The van der Waals surface area contributed by atoms with Crippen LogP contribution in [0.2, 0.25) is 5.02 Å². The van der Waals surface area contributed by atoms with E-state index in [0.29, 0.717) is 10.8 Å². The average Bonchev–Trinajstić information content (AvgIpc) is 2.80. The molecule has 6 nitrogen and oxygen atoms in total. The van der Waals surface area contributed by atoms with Gasteiger partial charge in [-0.1, -0.05) is 23.7 Å². The van der Waals surface area contributed by atoms with Gasteiger partial charge < -0.3 is 19.8 Å². The molecule has 0 saturated carbocycles. The number of β-amino-alcohol motifs (C(OH)–C–C–N with tert-alkyl or cyclic N) is 1. The molecule has 1 saturated heterocycles. The molecular weight excluding hydrogens is 286 g/mol. The van der Waals surface area contributed by atoms with Crippen molar-refractivity contribution in [1.82, 2.24) is 4.90 Å². The summed E-state index contributed by atoms with van der Waals surface area (Å²) in [6.07, 6.45) is -0.784. The number of carbonyl (C=O) groups is 2. The van der Waals surface area contributed by atoms with Crippen LogP contribution in [-0.2, 0) is 9.59 Å². The summed E-state index contributed by atoms with van der Waals surface area (Å²) in [5.41, 5.74) is 0. The Balaban J connectivity index is 1.98. The van der Waals surface area contributed by atoms with Gasteiger partial charge in [-0.05, 0) is 12.1 Å². The van der Waals surface area contributed by atoms with Gasteiger partial charge in [-0.3, -0.25) is 4.79 Å². The van der Waals surface area contributed by atoms with Gasteiger partial charge in [0.15, 0.2) is 6.61 Å². The average molecular weight is 300 g/mol. The van der Waals surface area contributed by atoms with Gasteiger partial charge in [0, 0.05) is 13.0 Å². The van der Waals surface area contributed by atoms with Crippen molar-refractivity contribution in [3.05, 3.63) is 29.3 Å². The summed E-state index contributed by atoms with van der Waals surface area (Å²) in [5.74, 6) is -1.27. The Labute approximate surface area is 120 Å². The fourth-order valence-electron chi connectivity index (χ4n) is 2.11. The smallest absolute Gasteiger partial charge is 0.326 e. The van der Waals surface area contributed by atoms with Gasteiger partial charge >= 0.3 is 5.97 Å². The maximum absolute atomic E-state index is 12.0. The molecule has 7 heteroatoms. The van der Waals surface area contributed by atoms with Crippen LogP contribution in [-0.4, -0.2) is 52.3 Å². The van der Waals surface area contributed by atoms with Crippen LogP contribution in [0, 0.1) is 0 Å². The molecule has 0 unspecified atom stereocenters. The zero-order valence-corrected chi connectivity index (χ0v) is 11.3. The molecule has 2 N–H and O–H groups in total. The number of amides is 1. The van der Waals surface area contributed by atoms with E-state index in [9.17, 15) is 14.7 Å². The summed E-state index contributed by atoms with van der Waals surface area (Å²) >= 11 is 5.89. The Kier molecular flexibility index (Phi) is 4.46. The van der Waals surface area contributed by atoms with E-state index in [4.69, 9.17) is 21.4 Å². The predicted molar refractivity (Wildman–Crippen MR) is 70.7 cm³/mol. The van der Waals surface area contributed by atoms with E-state index in [1.54, 1.807) is 24.3 Å². The van der Waals surface area contributed by atoms with Gasteiger partial charge in [0.1, 0.15) is 11.8 Å². The number of carbonyl (C=O) groups excluding carboxylic acids is 1. The third kappa shape index (κ3) is 3.20. The standard InChI is InChI=1S/C13H14ClNO5/c14-9-3-1-2-4-11(9)20-7-12(17)15-6-8(16)5-10(15)13(18)19/h1-4,8,10,16H,5-7H2,(H,18,19)/t8-,10-/m1/s1. The normalized spacial score (nSPS) is 21.8. The molecular formula is C13H14ClNO5. The number of carboxylic acids is 1. The Bertz CT molecular complexity index is 521. The highest BCUT2D eigenvalue weighted by Gasteiger charge is 2.38. The van der Waals surface area contributed by atoms with Crippen LogP contribution in [0.1, 0.15) is 6.42 Å². The van der Waals surface area contributed by atoms with Gasteiger partial charge in [0.2, 0.25) is 0 Å². The van der Waals surface area contributed by atoms with E-state index in [-0.39, 0.29) is 19.6 Å². The van der Waals surface area contributed by atoms with Crippen molar-refractivity contribution in [1.29, 1.82) is 0 Å². The van der Waals surface area contributed by atoms with Crippen molar-refractivity contribution in [2.75, 3.05) is 13.2 Å². The van der Waals surface area contributed by atoms with Crippen LogP contribution in [0.5, 0.6) is 5.75 Å². The molecule has 0 radical (unpaired) electrons. The third-order valence-corrected chi connectivity index (χ3v) is 3.38. The van der Waals surface area contributed by atoms with Crippen molar-refractivity contribution in [3.63, 3.8) is 0 Å². The monoisotopic (exact) mass is 299 g/mol. The number of hydrogen-bond acceptors (Lipinski definition) is 4. The molecule has 0 bridgehead atoms. The highest BCUT2D eigenvalue weighted by atomic mass is 35.5. The molecule has 1 fully saturated rings. The Morgan fingerprint density at radius 2 is 2.10 bits per heavy atom. The van der Waals surface area contributed by atoms with E-state index in [0.717, 1.165) is 4.90 Å². The number of aliphatic hydroxyl groups excluding tert-OH is 1. The summed E-state index contributed by atoms with van der Waals surface area (Å²) in [5, 5.41) is 18.9. The number of aliphatic hydroxyl groups is 1. The van der Waals surface area contributed by atoms with Crippen molar-refractivity contribution in [2.45, 2.75) is 18.6 Å². The largest absolute Gasteiger partial charge is 0.482 e. The molecule has 20 heavy (non-hydrogen) atoms. The maximum atomic E-state index is 12.0. The summed E-state index contributed by atoms with van der Waals surface area (Å²) in [6, 6.07) is 5.68. The minimum atomic E-state index is -1.13. The lowest BCUT2D eigenvalue weighted by atomic mass is 10.2. The summed E-state index contributed by atoms with van der Waals surface area (Å²) in [4.78, 5) is 24.1. The lowest BCUT2D eigenvalue weighted by Gasteiger charge is -2.21. The molecule has 108 valence electrons. The van der Waals surface area contributed by atoms with Gasteiger partial charge in [-0.2, -0.15) is 0 Å². The number of aliphatic carboxylic acids is 1. The van der Waals surface area contributed by atoms with Crippen LogP contribution >= 0.6 is 11.6 Å². The minimum absolute atomic E-state index is 0.00167. The number of rotatable bonds is 4. The van der Waals surface area contributed by atoms with Gasteiger partial charge in [-0.15, -0.1) is 0 Å². The molecule has 1 aliphatic heterocycles. The van der Waals surface area contributed by atoms with Crippen molar-refractivity contribution >= 4 is 23.5 Å². The Hall–Kier alpha value is -1.79. The highest BCUT2D eigenvalue weighted by Crippen LogP contribution is 2.24. The molecule has 1 amide bonds. The van der Waals surface area contributed by atoms with Gasteiger partial charge in [0.25, 0.3) is 5.91 Å². The lowest BCUT2D eigenvalue weighted by molar-refractivity contribution is -0.148. The van der Waals surface area contributed by atoms with Crippen LogP contribution in [0.4, 0.5) is 0 Å². The predicted octanol–water partition coefficient (Wildman–Crippen LogP) is 0.765. The van der Waals surface area contributed by atoms with Crippen LogP contribution in [0.3, 0.4) is 0 Å². The summed E-state index contributed by atoms with van der Waals surface area (Å²) < 4.78 is 5.28. The molecule has 0 spiro atoms. The summed E-state index contributed by atoms with van der Waals surface area (Å²) in [7, 11) is 0. The molecule has 0 aliphatic carbocycles. The molecule has 1 aliphatic rings. The second-order valence-electron chi connectivity index (χ2n) is 4.51. The van der Waals surface area contributed by atoms with Crippen molar-refractivity contribution < 1.29 is 24.5 Å². The number of benzene rings is 1. The Morgan fingerprint density at radius 3 is 2.75 bits per heavy atom. The molecule has 1 aromatic carbocycles. The maximum Gasteiger partial charge on any atom is 0.326 e. The first kappa shape index (κ1) is 14.6. The van der Waals surface area contributed by atoms with E-state index in [1.807, 2.05) is 0 Å². The Morgan fingerprint density at radius 1 is 1.40 bits per heavy atom. The highest BCUT2D eigenvalue weighted by molar-refractivity contribution is 6.32. The zero-order valence-electron chi connectivity index (χ0n) is 10.5. The first-order chi connectivity index (χ1) is 9.49. The first-order valence-electron chi connectivity index (χ1n) is 6.06. The fourth-order valence-corrected chi connectivity index (χ4v) is 2.30. The minimum Gasteiger partial charge on any atom is -0.482 e. The van der Waals surface area contributed by atoms with Crippen molar-refractivity contribution in [3.8, 4) is 5.75 Å². The number of carboxylic acid groups (broad SMARTS) is 1. The van der Waals surface area contributed by atoms with Gasteiger partial charge in [-0.25, -0.2) is 4.79 Å². The number of nitrogens with zero attached hydrogens (tertiary/aromatic N) is 1. The SMILES string of the molecule is O=C(O)[C@H]1C[C@@H](O)CN1C(=O)COc1ccccc1Cl. The molecule has 0 aromatic heterocycles. The number of para-hydroxylation sites is 1. The van der Waals surface area contributed by atoms with E-state index in [1.165, 1.54) is 0 Å². The van der Waals surface area contributed by atoms with Crippen LogP contribution < -0.4 is 4.74 Å². The molecule has 1 heterocycles. The number of hydrogen-bond donors (Lipinski definition) is 2. The fraction of sp³-hybridized carbons (Fsp3) is 0.385. The van der Waals surface area contributed by atoms with Crippen LogP contribution in [0.15, 0.2) is 24.3 Å². The van der Waals surface area contributed by atoms with E-state index >= 15 is 0 Å². The lowest BCUT2D eigenvalue weighted by Crippen LogP contribution is -2.42. The quantitative estimate of drug-likeness (QED) is 0.857. The van der Waals surface area contributed by atoms with E-state index in [2.05, 4.69) is 0 Å². The topological polar surface area (TPSA) is 87.1 Å². The van der Waals surface area contributed by atoms with Gasteiger partial charge in [0.05, 0.1) is 11.1 Å². The molecule has 1 aromatic rings. The zero-order chi connectivity index (χ0) is 14.7.